The Morgan fingerprint density at radius 2 is 2.17 bits per heavy atom. The fourth-order valence-corrected chi connectivity index (χ4v) is 2.42. The average molecular weight is 264 g/mol. The Morgan fingerprint density at radius 3 is 2.83 bits per heavy atom. The zero-order chi connectivity index (χ0) is 13.0. The van der Waals surface area contributed by atoms with Crippen molar-refractivity contribution in [2.24, 2.45) is 0 Å². The van der Waals surface area contributed by atoms with Crippen LogP contribution in [0.1, 0.15) is 32.0 Å². The highest BCUT2D eigenvalue weighted by Crippen LogP contribution is 2.23. The van der Waals surface area contributed by atoms with Gasteiger partial charge in [-0.3, -0.25) is 0 Å². The minimum absolute atomic E-state index is 0.670. The van der Waals surface area contributed by atoms with Crippen LogP contribution in [0, 0.1) is 0 Å². The predicted molar refractivity (Wildman–Crippen MR) is 78.5 cm³/mol. The third-order valence-corrected chi connectivity index (χ3v) is 3.44. The molecule has 0 spiro atoms. The van der Waals surface area contributed by atoms with Gasteiger partial charge in [-0.1, -0.05) is 19.8 Å². The molecule has 0 aliphatic carbocycles. The van der Waals surface area contributed by atoms with Crippen LogP contribution in [0.2, 0.25) is 0 Å². The summed E-state index contributed by atoms with van der Waals surface area (Å²) in [5.74, 6) is 2.56. The number of hydrogen-bond donors (Lipinski definition) is 1. The highest BCUT2D eigenvalue weighted by molar-refractivity contribution is 7.79. The smallest absolute Gasteiger partial charge is 0.121 e. The summed E-state index contributed by atoms with van der Waals surface area (Å²) in [4.78, 5) is 4.63. The minimum atomic E-state index is 0.670. The first-order valence-electron chi connectivity index (χ1n) is 6.44. The van der Waals surface area contributed by atoms with Gasteiger partial charge < -0.3 is 9.30 Å². The SMILES string of the molecule is CCCCCn1c(CS)nc2cc(OC)ccc21. The number of rotatable bonds is 6. The van der Waals surface area contributed by atoms with Crippen molar-refractivity contribution in [1.29, 1.82) is 0 Å². The van der Waals surface area contributed by atoms with Gasteiger partial charge in [-0.15, -0.1) is 0 Å². The van der Waals surface area contributed by atoms with Gasteiger partial charge in [-0.05, 0) is 18.6 Å². The zero-order valence-electron chi connectivity index (χ0n) is 11.0. The summed E-state index contributed by atoms with van der Waals surface area (Å²) in [5, 5.41) is 0. The molecule has 1 aromatic heterocycles. The van der Waals surface area contributed by atoms with Crippen LogP contribution in [0.5, 0.6) is 5.75 Å². The summed E-state index contributed by atoms with van der Waals surface area (Å²) in [6, 6.07) is 6.06. The van der Waals surface area contributed by atoms with Gasteiger partial charge in [0.15, 0.2) is 0 Å². The molecule has 0 N–H and O–H groups in total. The average Bonchev–Trinajstić information content (AvgIpc) is 2.76. The monoisotopic (exact) mass is 264 g/mol. The van der Waals surface area contributed by atoms with Gasteiger partial charge in [0.05, 0.1) is 18.1 Å². The van der Waals surface area contributed by atoms with E-state index in [1.165, 1.54) is 24.8 Å². The van der Waals surface area contributed by atoms with Crippen LogP contribution in [-0.4, -0.2) is 16.7 Å². The maximum absolute atomic E-state index is 5.24. The number of nitrogens with zero attached hydrogens (tertiary/aromatic N) is 2. The zero-order valence-corrected chi connectivity index (χ0v) is 11.9. The first-order chi connectivity index (χ1) is 8.80. The third-order valence-electron chi connectivity index (χ3n) is 3.16. The van der Waals surface area contributed by atoms with Crippen LogP contribution >= 0.6 is 12.6 Å². The summed E-state index contributed by atoms with van der Waals surface area (Å²) in [5.41, 5.74) is 2.17. The Kier molecular flexibility index (Phi) is 4.53. The fraction of sp³-hybridized carbons (Fsp3) is 0.500. The van der Waals surface area contributed by atoms with Crippen LogP contribution < -0.4 is 4.74 Å². The van der Waals surface area contributed by atoms with Crippen molar-refractivity contribution in [3.8, 4) is 5.75 Å². The van der Waals surface area contributed by atoms with E-state index in [0.717, 1.165) is 23.6 Å². The maximum atomic E-state index is 5.24. The molecule has 2 rings (SSSR count). The lowest BCUT2D eigenvalue weighted by Crippen LogP contribution is -2.02. The number of ether oxygens (including phenoxy) is 1. The summed E-state index contributed by atoms with van der Waals surface area (Å²) >= 11 is 4.37. The minimum Gasteiger partial charge on any atom is -0.497 e. The van der Waals surface area contributed by atoms with Gasteiger partial charge in [-0.25, -0.2) is 4.98 Å². The lowest BCUT2D eigenvalue weighted by molar-refractivity contribution is 0.415. The second-order valence-electron chi connectivity index (χ2n) is 4.40. The lowest BCUT2D eigenvalue weighted by atomic mass is 10.2. The van der Waals surface area contributed by atoms with E-state index >= 15 is 0 Å². The molecule has 0 atom stereocenters. The topological polar surface area (TPSA) is 27.1 Å². The van der Waals surface area contributed by atoms with Gasteiger partial charge in [0, 0.05) is 18.4 Å². The standard InChI is InChI=1S/C14H20N2OS/c1-3-4-5-8-16-13-7-6-11(17-2)9-12(13)15-14(16)10-18/h6-7,9,18H,3-5,8,10H2,1-2H3. The van der Waals surface area contributed by atoms with E-state index in [1.54, 1.807) is 7.11 Å². The highest BCUT2D eigenvalue weighted by atomic mass is 32.1. The van der Waals surface area contributed by atoms with E-state index in [2.05, 4.69) is 35.2 Å². The van der Waals surface area contributed by atoms with Gasteiger partial charge >= 0.3 is 0 Å². The number of benzene rings is 1. The molecule has 1 aromatic carbocycles. The molecule has 0 saturated carbocycles. The van der Waals surface area contributed by atoms with Crippen LogP contribution in [0.15, 0.2) is 18.2 Å². The van der Waals surface area contributed by atoms with E-state index in [0.29, 0.717) is 5.75 Å². The summed E-state index contributed by atoms with van der Waals surface area (Å²) in [6.45, 7) is 3.24. The molecule has 0 bridgehead atoms. The number of imidazole rings is 1. The van der Waals surface area contributed by atoms with Crippen LogP contribution in [0.25, 0.3) is 11.0 Å². The predicted octanol–water partition coefficient (Wildman–Crippen LogP) is 3.66. The van der Waals surface area contributed by atoms with Crippen LogP contribution in [0.4, 0.5) is 0 Å². The molecule has 1 heterocycles. The van der Waals surface area contributed by atoms with E-state index in [1.807, 2.05) is 12.1 Å². The summed E-state index contributed by atoms with van der Waals surface area (Å²) in [6.07, 6.45) is 3.67. The largest absolute Gasteiger partial charge is 0.497 e. The molecule has 2 aromatic rings. The molecule has 0 fully saturated rings. The van der Waals surface area contributed by atoms with Crippen molar-refractivity contribution < 1.29 is 4.74 Å². The van der Waals surface area contributed by atoms with E-state index in [-0.39, 0.29) is 0 Å². The molecule has 18 heavy (non-hydrogen) atoms. The first kappa shape index (κ1) is 13.3. The Labute approximate surface area is 114 Å². The summed E-state index contributed by atoms with van der Waals surface area (Å²) < 4.78 is 7.51. The number of fused-ring (bicyclic) bond motifs is 1. The first-order valence-corrected chi connectivity index (χ1v) is 7.07. The second-order valence-corrected chi connectivity index (χ2v) is 4.72. The maximum Gasteiger partial charge on any atom is 0.121 e. The highest BCUT2D eigenvalue weighted by Gasteiger charge is 2.09. The van der Waals surface area contributed by atoms with Gasteiger partial charge in [0.25, 0.3) is 0 Å². The molecule has 0 radical (unpaired) electrons. The number of aromatic nitrogens is 2. The molecule has 3 nitrogen and oxygen atoms in total. The van der Waals surface area contributed by atoms with Crippen molar-refractivity contribution >= 4 is 23.7 Å². The molecular formula is C14H20N2OS. The van der Waals surface area contributed by atoms with Crippen LogP contribution in [0.3, 0.4) is 0 Å². The Balaban J connectivity index is 2.36. The Bertz CT molecular complexity index is 522. The number of hydrogen-bond acceptors (Lipinski definition) is 3. The van der Waals surface area contributed by atoms with E-state index < -0.39 is 0 Å². The van der Waals surface area contributed by atoms with Gasteiger partial charge in [0.2, 0.25) is 0 Å². The van der Waals surface area contributed by atoms with Gasteiger partial charge in [-0.2, -0.15) is 12.6 Å². The Morgan fingerprint density at radius 1 is 1.33 bits per heavy atom. The van der Waals surface area contributed by atoms with Crippen LogP contribution in [-0.2, 0) is 12.3 Å². The molecule has 0 saturated heterocycles. The molecule has 98 valence electrons. The molecule has 0 amide bonds. The normalized spacial score (nSPS) is 11.1. The number of aryl methyl sites for hydroxylation is 1. The molecule has 0 unspecified atom stereocenters. The van der Waals surface area contributed by atoms with Crippen molar-refractivity contribution in [2.45, 2.75) is 38.5 Å². The number of thiol groups is 1. The molecule has 4 heteroatoms. The molecular weight excluding hydrogens is 244 g/mol. The van der Waals surface area contributed by atoms with E-state index in [4.69, 9.17) is 4.74 Å². The summed E-state index contributed by atoms with van der Waals surface area (Å²) in [7, 11) is 1.68. The number of unbranched alkanes of at least 4 members (excludes halogenated alkanes) is 2. The van der Waals surface area contributed by atoms with Crippen molar-refractivity contribution in [3.05, 3.63) is 24.0 Å². The molecule has 0 aliphatic rings. The van der Waals surface area contributed by atoms with E-state index in [9.17, 15) is 0 Å². The van der Waals surface area contributed by atoms with Crippen molar-refractivity contribution in [1.82, 2.24) is 9.55 Å². The third kappa shape index (κ3) is 2.64. The fourth-order valence-electron chi connectivity index (χ4n) is 2.18. The van der Waals surface area contributed by atoms with Gasteiger partial charge in [0.1, 0.15) is 11.6 Å². The number of methoxy groups -OCH3 is 1. The second kappa shape index (κ2) is 6.14. The Hall–Kier alpha value is -1.16. The quantitative estimate of drug-likeness (QED) is 0.636. The lowest BCUT2D eigenvalue weighted by Gasteiger charge is -2.07. The molecule has 0 aliphatic heterocycles. The van der Waals surface area contributed by atoms with Crippen molar-refractivity contribution in [2.75, 3.05) is 7.11 Å². The van der Waals surface area contributed by atoms with Crippen molar-refractivity contribution in [3.63, 3.8) is 0 Å².